The van der Waals surface area contributed by atoms with Gasteiger partial charge in [-0.3, -0.25) is 9.69 Å². The van der Waals surface area contributed by atoms with E-state index < -0.39 is 0 Å². The Hall–Kier alpha value is -2.96. The topological polar surface area (TPSA) is 56.1 Å². The SMILES string of the molecule is Cc1cc(-c2cnn3cc(OCCN4CCOCC4)ccc23)cc2c1C(=O)C=CCC2. The number of ketones is 1. The Morgan fingerprint density at radius 2 is 2.06 bits per heavy atom. The van der Waals surface area contributed by atoms with Gasteiger partial charge < -0.3 is 9.47 Å². The number of hydrogen-bond donors (Lipinski definition) is 0. The highest BCUT2D eigenvalue weighted by atomic mass is 16.5. The van der Waals surface area contributed by atoms with Crippen molar-refractivity contribution in [3.63, 3.8) is 0 Å². The zero-order chi connectivity index (χ0) is 21.2. The smallest absolute Gasteiger partial charge is 0.186 e. The standard InChI is InChI=1S/C25H27N3O3/c1-18-14-20(15-19-4-2-3-5-24(29)25(18)19)22-16-26-28-17-21(6-7-23(22)28)31-13-10-27-8-11-30-12-9-27/h3,5-7,14-17H,2,4,8-13H2,1H3. The normalized spacial score (nSPS) is 17.0. The Labute approximate surface area is 182 Å². The van der Waals surface area contributed by atoms with Crippen LogP contribution in [-0.2, 0) is 11.2 Å². The van der Waals surface area contributed by atoms with Crippen molar-refractivity contribution in [3.8, 4) is 16.9 Å². The Morgan fingerprint density at radius 3 is 2.94 bits per heavy atom. The number of ether oxygens (including phenoxy) is 2. The maximum atomic E-state index is 12.4. The first-order valence-corrected chi connectivity index (χ1v) is 10.9. The summed E-state index contributed by atoms with van der Waals surface area (Å²) < 4.78 is 13.2. The summed E-state index contributed by atoms with van der Waals surface area (Å²) in [5.74, 6) is 0.917. The van der Waals surface area contributed by atoms with Gasteiger partial charge in [-0.25, -0.2) is 4.52 Å². The Kier molecular flexibility index (Phi) is 5.57. The van der Waals surface area contributed by atoms with Crippen LogP contribution in [0, 0.1) is 6.92 Å². The summed E-state index contributed by atoms with van der Waals surface area (Å²) in [7, 11) is 0. The molecule has 6 heteroatoms. The first-order chi connectivity index (χ1) is 15.2. The maximum Gasteiger partial charge on any atom is 0.186 e. The average Bonchev–Trinajstić information content (AvgIpc) is 3.10. The number of hydrogen-bond acceptors (Lipinski definition) is 5. The Balaban J connectivity index is 1.36. The van der Waals surface area contributed by atoms with Crippen LogP contribution in [0.5, 0.6) is 5.75 Å². The molecule has 31 heavy (non-hydrogen) atoms. The second kappa shape index (κ2) is 8.65. The number of morpholine rings is 1. The van der Waals surface area contributed by atoms with E-state index in [-0.39, 0.29) is 5.78 Å². The molecule has 0 N–H and O–H groups in total. The van der Waals surface area contributed by atoms with Gasteiger partial charge in [0.25, 0.3) is 0 Å². The zero-order valence-corrected chi connectivity index (χ0v) is 17.8. The number of fused-ring (bicyclic) bond motifs is 2. The van der Waals surface area contributed by atoms with Crippen LogP contribution < -0.4 is 4.74 Å². The van der Waals surface area contributed by atoms with Crippen LogP contribution in [0.15, 0.2) is 48.8 Å². The van der Waals surface area contributed by atoms with Crippen molar-refractivity contribution >= 4 is 11.3 Å². The van der Waals surface area contributed by atoms with Crippen LogP contribution in [0.4, 0.5) is 0 Å². The number of aromatic nitrogens is 2. The molecule has 0 spiro atoms. The first kappa shape index (κ1) is 20.0. The minimum absolute atomic E-state index is 0.107. The third kappa shape index (κ3) is 4.13. The van der Waals surface area contributed by atoms with E-state index in [4.69, 9.17) is 9.47 Å². The van der Waals surface area contributed by atoms with Gasteiger partial charge >= 0.3 is 0 Å². The largest absolute Gasteiger partial charge is 0.491 e. The molecule has 1 aliphatic carbocycles. The Morgan fingerprint density at radius 1 is 1.19 bits per heavy atom. The van der Waals surface area contributed by atoms with Crippen molar-refractivity contribution in [1.29, 1.82) is 0 Å². The summed E-state index contributed by atoms with van der Waals surface area (Å²) in [6.45, 7) is 7.09. The lowest BCUT2D eigenvalue weighted by Gasteiger charge is -2.26. The van der Waals surface area contributed by atoms with Gasteiger partial charge in [0.2, 0.25) is 0 Å². The molecular formula is C25H27N3O3. The van der Waals surface area contributed by atoms with Gasteiger partial charge in [0, 0.05) is 30.8 Å². The molecule has 3 heterocycles. The molecule has 3 aromatic rings. The third-order valence-electron chi connectivity index (χ3n) is 6.09. The molecule has 1 saturated heterocycles. The molecule has 0 amide bonds. The van der Waals surface area contributed by atoms with E-state index in [0.717, 1.165) is 84.8 Å². The number of pyridine rings is 1. The molecule has 2 aliphatic rings. The zero-order valence-electron chi connectivity index (χ0n) is 17.8. The van der Waals surface area contributed by atoms with Crippen LogP contribution in [0.25, 0.3) is 16.6 Å². The Bertz CT molecular complexity index is 1140. The van der Waals surface area contributed by atoms with Crippen LogP contribution in [-0.4, -0.2) is 59.8 Å². The lowest BCUT2D eigenvalue weighted by Crippen LogP contribution is -2.38. The summed E-state index contributed by atoms with van der Waals surface area (Å²) in [6, 6.07) is 8.31. The number of benzene rings is 1. The highest BCUT2D eigenvalue weighted by Crippen LogP contribution is 2.31. The molecule has 1 aromatic carbocycles. The van der Waals surface area contributed by atoms with Crippen molar-refractivity contribution in [2.75, 3.05) is 39.5 Å². The van der Waals surface area contributed by atoms with Gasteiger partial charge in [-0.15, -0.1) is 0 Å². The van der Waals surface area contributed by atoms with E-state index >= 15 is 0 Å². The van der Waals surface area contributed by atoms with E-state index in [9.17, 15) is 4.79 Å². The number of carbonyl (C=O) groups is 1. The number of rotatable bonds is 5. The molecule has 0 bridgehead atoms. The second-order valence-corrected chi connectivity index (χ2v) is 8.19. The number of nitrogens with zero attached hydrogens (tertiary/aromatic N) is 3. The summed E-state index contributed by atoms with van der Waals surface area (Å²) in [5.41, 5.74) is 6.18. The summed E-state index contributed by atoms with van der Waals surface area (Å²) in [5, 5.41) is 4.56. The maximum absolute atomic E-state index is 12.4. The fourth-order valence-corrected chi connectivity index (χ4v) is 4.47. The number of allylic oxidation sites excluding steroid dienone is 2. The van der Waals surface area contributed by atoms with Gasteiger partial charge in [0.15, 0.2) is 5.78 Å². The molecule has 1 aliphatic heterocycles. The fourth-order valence-electron chi connectivity index (χ4n) is 4.47. The van der Waals surface area contributed by atoms with Crippen molar-refractivity contribution < 1.29 is 14.3 Å². The van der Waals surface area contributed by atoms with Crippen molar-refractivity contribution in [3.05, 3.63) is 65.5 Å². The molecular weight excluding hydrogens is 390 g/mol. The monoisotopic (exact) mass is 417 g/mol. The predicted molar refractivity (Wildman–Crippen MR) is 120 cm³/mol. The summed E-state index contributed by atoms with van der Waals surface area (Å²) in [6.07, 6.45) is 9.27. The van der Waals surface area contributed by atoms with E-state index in [1.807, 2.05) is 36.0 Å². The van der Waals surface area contributed by atoms with Gasteiger partial charge in [-0.1, -0.05) is 18.2 Å². The van der Waals surface area contributed by atoms with Crippen LogP contribution in [0.2, 0.25) is 0 Å². The third-order valence-corrected chi connectivity index (χ3v) is 6.09. The molecule has 1 fully saturated rings. The molecule has 6 nitrogen and oxygen atoms in total. The van der Waals surface area contributed by atoms with E-state index in [2.05, 4.69) is 28.2 Å². The molecule has 0 radical (unpaired) electrons. The van der Waals surface area contributed by atoms with Gasteiger partial charge in [0.1, 0.15) is 12.4 Å². The van der Waals surface area contributed by atoms with Crippen molar-refractivity contribution in [2.24, 2.45) is 0 Å². The summed E-state index contributed by atoms with van der Waals surface area (Å²) >= 11 is 0. The molecule has 160 valence electrons. The predicted octanol–water partition coefficient (Wildman–Crippen LogP) is 3.71. The lowest BCUT2D eigenvalue weighted by atomic mass is 9.92. The van der Waals surface area contributed by atoms with Gasteiger partial charge in [-0.05, 0) is 54.7 Å². The highest BCUT2D eigenvalue weighted by molar-refractivity contribution is 6.07. The molecule has 0 saturated carbocycles. The number of aryl methyl sites for hydroxylation is 2. The molecule has 2 aromatic heterocycles. The average molecular weight is 418 g/mol. The first-order valence-electron chi connectivity index (χ1n) is 10.9. The minimum atomic E-state index is 0.107. The van der Waals surface area contributed by atoms with E-state index in [1.54, 1.807) is 6.08 Å². The molecule has 5 rings (SSSR count). The fraction of sp³-hybridized carbons (Fsp3) is 0.360. The van der Waals surface area contributed by atoms with E-state index in [0.29, 0.717) is 6.61 Å². The lowest BCUT2D eigenvalue weighted by molar-refractivity contribution is 0.0322. The van der Waals surface area contributed by atoms with Crippen LogP contribution in [0.3, 0.4) is 0 Å². The second-order valence-electron chi connectivity index (χ2n) is 8.19. The minimum Gasteiger partial charge on any atom is -0.491 e. The molecule has 0 atom stereocenters. The highest BCUT2D eigenvalue weighted by Gasteiger charge is 2.18. The van der Waals surface area contributed by atoms with Crippen LogP contribution >= 0.6 is 0 Å². The van der Waals surface area contributed by atoms with Crippen molar-refractivity contribution in [1.82, 2.24) is 14.5 Å². The van der Waals surface area contributed by atoms with Crippen LogP contribution in [0.1, 0.15) is 27.9 Å². The van der Waals surface area contributed by atoms with Crippen molar-refractivity contribution in [2.45, 2.75) is 19.8 Å². The number of carbonyl (C=O) groups excluding carboxylic acids is 1. The van der Waals surface area contributed by atoms with Gasteiger partial charge in [-0.2, -0.15) is 5.10 Å². The summed E-state index contributed by atoms with van der Waals surface area (Å²) in [4.78, 5) is 14.8. The van der Waals surface area contributed by atoms with Gasteiger partial charge in [0.05, 0.1) is 31.1 Å². The quantitative estimate of drug-likeness (QED) is 0.634. The van der Waals surface area contributed by atoms with E-state index in [1.165, 1.54) is 0 Å². The molecule has 0 unspecified atom stereocenters.